The Morgan fingerprint density at radius 2 is 1.43 bits per heavy atom. The van der Waals surface area contributed by atoms with Gasteiger partial charge in [0.2, 0.25) is 0 Å². The monoisotopic (exact) mass is 258 g/mol. The van der Waals surface area contributed by atoms with Gasteiger partial charge in [0.15, 0.2) is 3.79 Å². The van der Waals surface area contributed by atoms with E-state index in [1.165, 1.54) is 38.5 Å². The van der Waals surface area contributed by atoms with Gasteiger partial charge in [0.1, 0.15) is 0 Å². The van der Waals surface area contributed by atoms with Crippen molar-refractivity contribution in [1.29, 1.82) is 0 Å². The van der Waals surface area contributed by atoms with E-state index in [-0.39, 0.29) is 5.92 Å². The highest BCUT2D eigenvalue weighted by Gasteiger charge is 2.27. The summed E-state index contributed by atoms with van der Waals surface area (Å²) in [6, 6.07) is 0. The first-order valence-corrected chi connectivity index (χ1v) is 6.68. The standard InChI is InChI=1S/C11H21Cl3/c1-3-4-5-6-7-8-9-10(2)11(12,13)14/h10H,3-9H2,1-2H3. The Hall–Kier alpha value is 0.870. The summed E-state index contributed by atoms with van der Waals surface area (Å²) in [6.07, 6.45) is 8.77. The minimum atomic E-state index is -1.08. The molecule has 0 aromatic heterocycles. The Kier molecular flexibility index (Phi) is 8.57. The van der Waals surface area contributed by atoms with Gasteiger partial charge in [-0.05, 0) is 6.42 Å². The van der Waals surface area contributed by atoms with Gasteiger partial charge < -0.3 is 0 Å². The van der Waals surface area contributed by atoms with Crippen LogP contribution in [0.5, 0.6) is 0 Å². The van der Waals surface area contributed by atoms with E-state index in [0.29, 0.717) is 0 Å². The molecule has 0 spiro atoms. The van der Waals surface area contributed by atoms with E-state index in [9.17, 15) is 0 Å². The molecule has 0 fully saturated rings. The number of hydrogen-bond acceptors (Lipinski definition) is 0. The molecule has 0 rings (SSSR count). The largest absolute Gasteiger partial charge is 0.193 e. The lowest BCUT2D eigenvalue weighted by Crippen LogP contribution is -2.15. The lowest BCUT2D eigenvalue weighted by atomic mass is 10.0. The normalized spacial score (nSPS) is 14.4. The molecule has 0 N–H and O–H groups in total. The van der Waals surface area contributed by atoms with Crippen molar-refractivity contribution < 1.29 is 0 Å². The number of rotatable bonds is 7. The van der Waals surface area contributed by atoms with Crippen molar-refractivity contribution >= 4 is 34.8 Å². The van der Waals surface area contributed by atoms with Crippen LogP contribution in [0.25, 0.3) is 0 Å². The second-order valence-corrected chi connectivity index (χ2v) is 6.37. The maximum atomic E-state index is 5.78. The minimum absolute atomic E-state index is 0.165. The molecule has 0 aliphatic carbocycles. The SMILES string of the molecule is CCCCCCCCC(C)C(Cl)(Cl)Cl. The predicted molar refractivity (Wildman–Crippen MR) is 67.4 cm³/mol. The predicted octanol–water partition coefficient (Wildman–Crippen LogP) is 5.74. The maximum Gasteiger partial charge on any atom is 0.193 e. The second kappa shape index (κ2) is 8.07. The zero-order chi connectivity index (χ0) is 11.0. The van der Waals surface area contributed by atoms with Crippen molar-refractivity contribution in [3.8, 4) is 0 Å². The fraction of sp³-hybridized carbons (Fsp3) is 1.00. The van der Waals surface area contributed by atoms with Crippen molar-refractivity contribution in [1.82, 2.24) is 0 Å². The molecule has 14 heavy (non-hydrogen) atoms. The van der Waals surface area contributed by atoms with Crippen LogP contribution in [0.3, 0.4) is 0 Å². The fourth-order valence-corrected chi connectivity index (χ4v) is 1.72. The quantitative estimate of drug-likeness (QED) is 0.404. The van der Waals surface area contributed by atoms with Gasteiger partial charge in [0.25, 0.3) is 0 Å². The van der Waals surface area contributed by atoms with Gasteiger partial charge in [-0.3, -0.25) is 0 Å². The van der Waals surface area contributed by atoms with Crippen LogP contribution in [0.1, 0.15) is 58.8 Å². The molecule has 0 saturated heterocycles. The van der Waals surface area contributed by atoms with Crippen LogP contribution in [0.2, 0.25) is 0 Å². The highest BCUT2D eigenvalue weighted by molar-refractivity contribution is 6.67. The summed E-state index contributed by atoms with van der Waals surface area (Å²) in [6.45, 7) is 4.23. The highest BCUT2D eigenvalue weighted by atomic mass is 35.6. The van der Waals surface area contributed by atoms with E-state index in [1.807, 2.05) is 6.92 Å². The Bertz CT molecular complexity index is 129. The molecule has 86 valence electrons. The van der Waals surface area contributed by atoms with Crippen LogP contribution in [0.4, 0.5) is 0 Å². The van der Waals surface area contributed by atoms with Gasteiger partial charge in [0, 0.05) is 5.92 Å². The van der Waals surface area contributed by atoms with Gasteiger partial charge in [-0.15, -0.1) is 0 Å². The maximum absolute atomic E-state index is 5.78. The average Bonchev–Trinajstić information content (AvgIpc) is 2.09. The molecular weight excluding hydrogens is 238 g/mol. The Balaban J connectivity index is 3.28. The molecule has 1 unspecified atom stereocenters. The van der Waals surface area contributed by atoms with Gasteiger partial charge in [0.05, 0.1) is 0 Å². The second-order valence-electron chi connectivity index (χ2n) is 4.00. The van der Waals surface area contributed by atoms with Crippen molar-refractivity contribution in [2.75, 3.05) is 0 Å². The number of hydrogen-bond donors (Lipinski definition) is 0. The number of halogens is 3. The zero-order valence-electron chi connectivity index (χ0n) is 9.16. The molecule has 0 radical (unpaired) electrons. The van der Waals surface area contributed by atoms with E-state index < -0.39 is 3.79 Å². The fourth-order valence-electron chi connectivity index (χ4n) is 1.39. The van der Waals surface area contributed by atoms with E-state index in [2.05, 4.69) is 6.92 Å². The van der Waals surface area contributed by atoms with Crippen LogP contribution in [-0.2, 0) is 0 Å². The molecule has 0 aromatic rings. The summed E-state index contributed by atoms with van der Waals surface area (Å²) in [7, 11) is 0. The third-order valence-electron chi connectivity index (χ3n) is 2.55. The van der Waals surface area contributed by atoms with Gasteiger partial charge >= 0.3 is 0 Å². The van der Waals surface area contributed by atoms with E-state index in [4.69, 9.17) is 34.8 Å². The lowest BCUT2D eigenvalue weighted by Gasteiger charge is -2.19. The third-order valence-corrected chi connectivity index (χ3v) is 3.67. The van der Waals surface area contributed by atoms with Crippen molar-refractivity contribution in [2.45, 2.75) is 62.6 Å². The summed E-state index contributed by atoms with van der Waals surface area (Å²) in [5.41, 5.74) is 0. The first-order valence-electron chi connectivity index (χ1n) is 5.55. The van der Waals surface area contributed by atoms with Crippen LogP contribution < -0.4 is 0 Å². The molecule has 0 saturated carbocycles. The molecule has 0 amide bonds. The van der Waals surface area contributed by atoms with Crippen molar-refractivity contribution in [2.24, 2.45) is 5.92 Å². The molecule has 0 heterocycles. The molecule has 0 aliphatic heterocycles. The zero-order valence-corrected chi connectivity index (χ0v) is 11.4. The number of alkyl halides is 3. The number of unbranched alkanes of at least 4 members (excludes halogenated alkanes) is 5. The summed E-state index contributed by atoms with van der Waals surface area (Å²) >= 11 is 17.3. The van der Waals surface area contributed by atoms with E-state index >= 15 is 0 Å². The molecule has 0 nitrogen and oxygen atoms in total. The van der Waals surface area contributed by atoms with Crippen molar-refractivity contribution in [3.05, 3.63) is 0 Å². The topological polar surface area (TPSA) is 0 Å². The van der Waals surface area contributed by atoms with Gasteiger partial charge in [-0.2, -0.15) is 0 Å². The molecule has 1 atom stereocenters. The van der Waals surface area contributed by atoms with Crippen LogP contribution >= 0.6 is 34.8 Å². The first-order chi connectivity index (χ1) is 6.48. The van der Waals surface area contributed by atoms with Gasteiger partial charge in [-0.25, -0.2) is 0 Å². The summed E-state index contributed by atoms with van der Waals surface area (Å²) < 4.78 is -1.08. The van der Waals surface area contributed by atoms with Crippen LogP contribution in [0, 0.1) is 5.92 Å². The van der Waals surface area contributed by atoms with Crippen LogP contribution in [-0.4, -0.2) is 3.79 Å². The molecule has 0 aliphatic rings. The third kappa shape index (κ3) is 8.20. The highest BCUT2D eigenvalue weighted by Crippen LogP contribution is 2.37. The smallest absolute Gasteiger partial charge is 0.0834 e. The van der Waals surface area contributed by atoms with E-state index in [1.54, 1.807) is 0 Å². The summed E-state index contributed by atoms with van der Waals surface area (Å²) in [5, 5.41) is 0. The lowest BCUT2D eigenvalue weighted by molar-refractivity contribution is 0.489. The first kappa shape index (κ1) is 14.9. The summed E-state index contributed by atoms with van der Waals surface area (Å²) in [4.78, 5) is 0. The Morgan fingerprint density at radius 1 is 0.929 bits per heavy atom. The van der Waals surface area contributed by atoms with E-state index in [0.717, 1.165) is 6.42 Å². The van der Waals surface area contributed by atoms with Gasteiger partial charge in [-0.1, -0.05) is 87.2 Å². The molecular formula is C11H21Cl3. The van der Waals surface area contributed by atoms with Crippen molar-refractivity contribution in [3.63, 3.8) is 0 Å². The molecule has 3 heteroatoms. The average molecular weight is 260 g/mol. The Labute approximate surface area is 103 Å². The minimum Gasteiger partial charge on any atom is -0.0834 e. The van der Waals surface area contributed by atoms with Crippen LogP contribution in [0.15, 0.2) is 0 Å². The Morgan fingerprint density at radius 3 is 1.93 bits per heavy atom. The molecule has 0 bridgehead atoms. The molecule has 0 aromatic carbocycles. The summed E-state index contributed by atoms with van der Waals surface area (Å²) in [5.74, 6) is 0.165.